The van der Waals surface area contributed by atoms with Gasteiger partial charge in [-0.2, -0.15) is 13.2 Å². The summed E-state index contributed by atoms with van der Waals surface area (Å²) in [7, 11) is 0. The number of nitrogens with one attached hydrogen (secondary N) is 1. The maximum atomic E-state index is 13.3. The second kappa shape index (κ2) is 6.89. The summed E-state index contributed by atoms with van der Waals surface area (Å²) in [5, 5.41) is 4.41. The third kappa shape index (κ3) is 3.42. The molecule has 2 aromatic heterocycles. The number of carbonyl (C=O) groups is 2. The van der Waals surface area contributed by atoms with Crippen molar-refractivity contribution in [2.75, 3.05) is 5.32 Å². The summed E-state index contributed by atoms with van der Waals surface area (Å²) >= 11 is 0.534. The lowest BCUT2D eigenvalue weighted by atomic mass is 10.0. The van der Waals surface area contributed by atoms with E-state index in [1.54, 1.807) is 0 Å². The van der Waals surface area contributed by atoms with Gasteiger partial charge in [0.1, 0.15) is 16.0 Å². The lowest BCUT2D eigenvalue weighted by Crippen LogP contribution is -2.18. The minimum absolute atomic E-state index is 0.0144. The Balaban J connectivity index is 1.66. The molecule has 0 fully saturated rings. The summed E-state index contributed by atoms with van der Waals surface area (Å²) in [5.74, 6) is -1.69. The first-order valence-electron chi connectivity index (χ1n) is 8.39. The van der Waals surface area contributed by atoms with Crippen molar-refractivity contribution in [3.05, 3.63) is 64.9 Å². The van der Waals surface area contributed by atoms with E-state index in [9.17, 15) is 22.8 Å². The van der Waals surface area contributed by atoms with Gasteiger partial charge in [-0.1, -0.05) is 42.5 Å². The highest BCUT2D eigenvalue weighted by molar-refractivity contribution is 7.20. The monoisotopic (exact) mass is 418 g/mol. The molecule has 0 aliphatic heterocycles. The Morgan fingerprint density at radius 3 is 2.59 bits per heavy atom. The van der Waals surface area contributed by atoms with E-state index in [2.05, 4.69) is 10.3 Å². The molecule has 0 aliphatic rings. The van der Waals surface area contributed by atoms with Crippen LogP contribution in [-0.2, 0) is 17.4 Å². The van der Waals surface area contributed by atoms with E-state index in [4.69, 9.17) is 5.73 Å². The first-order chi connectivity index (χ1) is 13.8. The molecule has 2 amide bonds. The Bertz CT molecular complexity index is 1250. The van der Waals surface area contributed by atoms with Crippen LogP contribution in [-0.4, -0.2) is 21.2 Å². The summed E-state index contributed by atoms with van der Waals surface area (Å²) in [5.41, 5.74) is 4.66. The molecular weight excluding hydrogens is 405 g/mol. The smallest absolute Gasteiger partial charge is 0.365 e. The average molecular weight is 418 g/mol. The Morgan fingerprint density at radius 1 is 1.14 bits per heavy atom. The largest absolute Gasteiger partial charge is 0.433 e. The minimum atomic E-state index is -4.80. The molecule has 2 aromatic carbocycles. The summed E-state index contributed by atoms with van der Waals surface area (Å²) in [6.45, 7) is 0. The Labute approximate surface area is 165 Å². The van der Waals surface area contributed by atoms with Gasteiger partial charge in [0.15, 0.2) is 11.5 Å². The fourth-order valence-corrected chi connectivity index (χ4v) is 4.20. The number of amides is 2. The number of alkyl halides is 3. The zero-order valence-corrected chi connectivity index (χ0v) is 15.5. The van der Waals surface area contributed by atoms with Crippen LogP contribution in [0, 0.1) is 0 Å². The number of nitrogens with zero attached hydrogens (tertiary/aromatic N) is 2. The molecule has 0 saturated carbocycles. The Hall–Kier alpha value is -3.40. The van der Waals surface area contributed by atoms with E-state index in [1.165, 1.54) is 0 Å². The number of thiazole rings is 1. The van der Waals surface area contributed by atoms with Crippen molar-refractivity contribution in [3.8, 4) is 0 Å². The molecule has 29 heavy (non-hydrogen) atoms. The van der Waals surface area contributed by atoms with Gasteiger partial charge in [0, 0.05) is 0 Å². The maximum Gasteiger partial charge on any atom is 0.433 e. The molecule has 3 N–H and O–H groups in total. The number of nitrogens with two attached hydrogens (primary N) is 1. The summed E-state index contributed by atoms with van der Waals surface area (Å²) in [4.78, 5) is 27.2. The lowest BCUT2D eigenvalue weighted by Gasteiger charge is -2.06. The number of anilines is 1. The highest BCUT2D eigenvalue weighted by atomic mass is 32.1. The van der Waals surface area contributed by atoms with E-state index in [-0.39, 0.29) is 17.1 Å². The average Bonchev–Trinajstić information content (AvgIpc) is 3.21. The molecule has 0 radical (unpaired) electrons. The van der Waals surface area contributed by atoms with Crippen molar-refractivity contribution in [1.82, 2.24) is 9.38 Å². The predicted octanol–water partition coefficient (Wildman–Crippen LogP) is 3.85. The SMILES string of the molecule is NC(=O)c1sc2c(NC(=O)Cc3cccc4ccccc34)ncn2c1C(F)(F)F. The van der Waals surface area contributed by atoms with Crippen molar-refractivity contribution in [2.24, 2.45) is 5.73 Å². The van der Waals surface area contributed by atoms with Crippen LogP contribution in [0.25, 0.3) is 15.6 Å². The fraction of sp³-hybridized carbons (Fsp3) is 0.105. The lowest BCUT2D eigenvalue weighted by molar-refractivity contribution is -0.141. The number of halogens is 3. The first-order valence-corrected chi connectivity index (χ1v) is 9.20. The Kier molecular flexibility index (Phi) is 4.50. The van der Waals surface area contributed by atoms with Crippen molar-refractivity contribution in [1.29, 1.82) is 0 Å². The van der Waals surface area contributed by atoms with Gasteiger partial charge in [-0.25, -0.2) is 4.98 Å². The first kappa shape index (κ1) is 18.9. The number of carbonyl (C=O) groups excluding carboxylic acids is 2. The van der Waals surface area contributed by atoms with Crippen LogP contribution in [0.3, 0.4) is 0 Å². The topological polar surface area (TPSA) is 89.5 Å². The van der Waals surface area contributed by atoms with E-state index < -0.39 is 28.6 Å². The molecule has 4 aromatic rings. The molecule has 0 unspecified atom stereocenters. The van der Waals surface area contributed by atoms with Crippen LogP contribution in [0.15, 0.2) is 48.8 Å². The van der Waals surface area contributed by atoms with Crippen LogP contribution >= 0.6 is 11.3 Å². The zero-order valence-electron chi connectivity index (χ0n) is 14.7. The molecular formula is C19H13F3N4O2S. The third-order valence-corrected chi connectivity index (χ3v) is 5.54. The van der Waals surface area contributed by atoms with Gasteiger partial charge < -0.3 is 11.1 Å². The molecule has 0 bridgehead atoms. The number of imidazole rings is 1. The Morgan fingerprint density at radius 2 is 1.86 bits per heavy atom. The van der Waals surface area contributed by atoms with Gasteiger partial charge in [0.2, 0.25) is 5.91 Å². The summed E-state index contributed by atoms with van der Waals surface area (Å²) < 4.78 is 40.7. The van der Waals surface area contributed by atoms with E-state index in [0.717, 1.165) is 27.1 Å². The second-order valence-corrected chi connectivity index (χ2v) is 7.27. The second-order valence-electron chi connectivity index (χ2n) is 6.27. The predicted molar refractivity (Wildman–Crippen MR) is 103 cm³/mol. The van der Waals surface area contributed by atoms with Crippen molar-refractivity contribution in [3.63, 3.8) is 0 Å². The van der Waals surface area contributed by atoms with Crippen LogP contribution in [0.2, 0.25) is 0 Å². The van der Waals surface area contributed by atoms with Gasteiger partial charge in [0.05, 0.1) is 6.42 Å². The summed E-state index contributed by atoms with van der Waals surface area (Å²) in [6, 6.07) is 13.1. The quantitative estimate of drug-likeness (QED) is 0.528. The molecule has 0 atom stereocenters. The molecule has 148 valence electrons. The maximum absolute atomic E-state index is 13.3. The zero-order chi connectivity index (χ0) is 20.8. The van der Waals surface area contributed by atoms with Crippen LogP contribution < -0.4 is 11.1 Å². The molecule has 2 heterocycles. The molecule has 6 nitrogen and oxygen atoms in total. The normalized spacial score (nSPS) is 11.8. The van der Waals surface area contributed by atoms with Crippen molar-refractivity contribution < 1.29 is 22.8 Å². The number of fused-ring (bicyclic) bond motifs is 2. The van der Waals surface area contributed by atoms with E-state index in [0.29, 0.717) is 11.3 Å². The number of primary amides is 1. The fourth-order valence-electron chi connectivity index (χ4n) is 3.16. The van der Waals surface area contributed by atoms with E-state index in [1.807, 2.05) is 42.5 Å². The highest BCUT2D eigenvalue weighted by Gasteiger charge is 2.40. The number of aromatic nitrogens is 2. The third-order valence-electron chi connectivity index (χ3n) is 4.36. The van der Waals surface area contributed by atoms with Gasteiger partial charge >= 0.3 is 6.18 Å². The molecule has 0 spiro atoms. The molecule has 10 heteroatoms. The van der Waals surface area contributed by atoms with Crippen LogP contribution in [0.5, 0.6) is 0 Å². The van der Waals surface area contributed by atoms with Crippen LogP contribution in [0.4, 0.5) is 19.0 Å². The minimum Gasteiger partial charge on any atom is -0.365 e. The number of benzene rings is 2. The summed E-state index contributed by atoms with van der Waals surface area (Å²) in [6.07, 6.45) is -3.87. The van der Waals surface area contributed by atoms with Crippen molar-refractivity contribution in [2.45, 2.75) is 12.6 Å². The molecule has 0 saturated heterocycles. The van der Waals surface area contributed by atoms with Gasteiger partial charge in [-0.05, 0) is 16.3 Å². The number of rotatable bonds is 4. The van der Waals surface area contributed by atoms with E-state index >= 15 is 0 Å². The van der Waals surface area contributed by atoms with Gasteiger partial charge in [0.25, 0.3) is 5.91 Å². The van der Waals surface area contributed by atoms with Crippen molar-refractivity contribution >= 4 is 44.6 Å². The number of hydrogen-bond donors (Lipinski definition) is 2. The number of hydrogen-bond acceptors (Lipinski definition) is 4. The van der Waals surface area contributed by atoms with Crippen LogP contribution in [0.1, 0.15) is 20.9 Å². The highest BCUT2D eigenvalue weighted by Crippen LogP contribution is 2.38. The van der Waals surface area contributed by atoms with Gasteiger partial charge in [-0.3, -0.25) is 14.0 Å². The molecule has 4 rings (SSSR count). The van der Waals surface area contributed by atoms with Gasteiger partial charge in [-0.15, -0.1) is 11.3 Å². The standard InChI is InChI=1S/C19H13F3N4O2S/c20-19(21,22)15-14(16(23)28)29-18-17(24-9-26(15)18)25-13(27)8-11-6-3-5-10-4-1-2-7-12(10)11/h1-7,9H,8H2,(H2,23,28)(H,25,27). The molecule has 0 aliphatic carbocycles.